The molecule has 0 saturated heterocycles. The summed E-state index contributed by atoms with van der Waals surface area (Å²) < 4.78 is 11.9. The van der Waals surface area contributed by atoms with Gasteiger partial charge in [-0.15, -0.1) is 13.2 Å². The summed E-state index contributed by atoms with van der Waals surface area (Å²) in [5, 5.41) is 15.9. The van der Waals surface area contributed by atoms with Crippen molar-refractivity contribution in [2.24, 2.45) is 11.8 Å². The first kappa shape index (κ1) is 40.3. The van der Waals surface area contributed by atoms with Crippen molar-refractivity contribution >= 4 is 17.8 Å². The van der Waals surface area contributed by atoms with Gasteiger partial charge < -0.3 is 25.2 Å². The molecule has 0 aliphatic carbocycles. The van der Waals surface area contributed by atoms with Crippen LogP contribution in [0.1, 0.15) is 47.9 Å². The van der Waals surface area contributed by atoms with Gasteiger partial charge in [0.25, 0.3) is 0 Å². The third kappa shape index (κ3) is 14.6. The monoisotopic (exact) mass is 716 g/mol. The summed E-state index contributed by atoms with van der Waals surface area (Å²) in [6.45, 7) is 7.79. The number of nitrogens with one attached hydrogen (secondary N) is 2. The molecule has 3 N–H and O–H groups in total. The van der Waals surface area contributed by atoms with E-state index in [-0.39, 0.29) is 49.8 Å². The van der Waals surface area contributed by atoms with Gasteiger partial charge in [-0.3, -0.25) is 14.4 Å². The highest BCUT2D eigenvalue weighted by Crippen LogP contribution is 2.19. The number of hydrogen-bond acceptors (Lipinski definition) is 6. The van der Waals surface area contributed by atoms with Crippen molar-refractivity contribution in [3.05, 3.63) is 163 Å². The highest BCUT2D eigenvalue weighted by atomic mass is 16.5. The summed E-state index contributed by atoms with van der Waals surface area (Å²) in [5.41, 5.74) is 3.99. The van der Waals surface area contributed by atoms with Gasteiger partial charge in [0.15, 0.2) is 0 Å². The molecule has 0 saturated carbocycles. The number of ether oxygens (including phenoxy) is 2. The number of amides is 2. The number of esters is 1. The minimum Gasteiger partial charge on any atom is -0.489 e. The predicted octanol–water partition coefficient (Wildman–Crippen LogP) is 6.96. The number of carbonyl (C=O) groups is 3. The summed E-state index contributed by atoms with van der Waals surface area (Å²) in [5.74, 6) is -1.41. The van der Waals surface area contributed by atoms with Crippen molar-refractivity contribution in [1.82, 2.24) is 10.6 Å². The molecule has 0 radical (unpaired) electrons. The van der Waals surface area contributed by atoms with E-state index in [0.717, 1.165) is 22.3 Å². The molecule has 0 aromatic heterocycles. The molecular weight excluding hydrogens is 665 g/mol. The molecule has 0 bridgehead atoms. The zero-order chi connectivity index (χ0) is 37.7. The van der Waals surface area contributed by atoms with Crippen LogP contribution < -0.4 is 15.4 Å². The fourth-order valence-electron chi connectivity index (χ4n) is 6.09. The van der Waals surface area contributed by atoms with Crippen LogP contribution in [0.3, 0.4) is 0 Å². The van der Waals surface area contributed by atoms with Gasteiger partial charge in [0.1, 0.15) is 19.0 Å². The van der Waals surface area contributed by atoms with Crippen molar-refractivity contribution < 1.29 is 29.0 Å². The Kier molecular flexibility index (Phi) is 17.1. The van der Waals surface area contributed by atoms with Crippen LogP contribution in [-0.2, 0) is 45.0 Å². The molecule has 4 aromatic carbocycles. The molecule has 8 heteroatoms. The Morgan fingerprint density at radius 3 is 1.81 bits per heavy atom. The zero-order valence-corrected chi connectivity index (χ0v) is 30.4. The van der Waals surface area contributed by atoms with Gasteiger partial charge >= 0.3 is 5.97 Å². The lowest BCUT2D eigenvalue weighted by Crippen LogP contribution is -2.45. The molecule has 4 aromatic rings. The smallest absolute Gasteiger partial charge is 0.309 e. The summed E-state index contributed by atoms with van der Waals surface area (Å²) >= 11 is 0. The molecule has 0 heterocycles. The van der Waals surface area contributed by atoms with Crippen molar-refractivity contribution in [1.29, 1.82) is 0 Å². The van der Waals surface area contributed by atoms with Crippen LogP contribution in [-0.4, -0.2) is 48.2 Å². The van der Waals surface area contributed by atoms with E-state index in [1.165, 1.54) is 0 Å². The predicted molar refractivity (Wildman–Crippen MR) is 209 cm³/mol. The first-order chi connectivity index (χ1) is 25.9. The van der Waals surface area contributed by atoms with Crippen LogP contribution in [0.2, 0.25) is 0 Å². The second-order valence-corrected chi connectivity index (χ2v) is 13.3. The summed E-state index contributed by atoms with van der Waals surface area (Å²) in [6.07, 6.45) is 6.21. The van der Waals surface area contributed by atoms with Crippen molar-refractivity contribution in [3.8, 4) is 5.75 Å². The second-order valence-electron chi connectivity index (χ2n) is 13.3. The van der Waals surface area contributed by atoms with Gasteiger partial charge in [0, 0.05) is 6.42 Å². The molecule has 4 atom stereocenters. The van der Waals surface area contributed by atoms with Crippen molar-refractivity contribution in [3.63, 3.8) is 0 Å². The number of allylic oxidation sites excluding steroid dienone is 2. The molecular formula is C45H52N2O6. The van der Waals surface area contributed by atoms with E-state index in [1.54, 1.807) is 12.2 Å². The van der Waals surface area contributed by atoms with E-state index in [2.05, 4.69) is 23.8 Å². The normalized spacial score (nSPS) is 13.1. The minimum atomic E-state index is -0.714. The SMILES string of the molecule is C=CCC[C@H](Cc1ccccc1)C(=O)OC[C@H](Cc1ccc(OCc2ccccc2)cc1)NC(=O)[C@H](CC=C)CC(=O)N[C@@H](CO)Cc1ccccc1. The van der Waals surface area contributed by atoms with Gasteiger partial charge in [-0.1, -0.05) is 115 Å². The van der Waals surface area contributed by atoms with Crippen molar-refractivity contribution in [2.45, 2.75) is 63.6 Å². The molecule has 278 valence electrons. The molecule has 0 aliphatic rings. The lowest BCUT2D eigenvalue weighted by atomic mass is 9.95. The average molecular weight is 717 g/mol. The molecule has 2 amide bonds. The van der Waals surface area contributed by atoms with Gasteiger partial charge in [-0.05, 0) is 72.9 Å². The Morgan fingerprint density at radius 1 is 0.660 bits per heavy atom. The largest absolute Gasteiger partial charge is 0.489 e. The topological polar surface area (TPSA) is 114 Å². The summed E-state index contributed by atoms with van der Waals surface area (Å²) in [6, 6.07) is 35.9. The molecule has 4 rings (SSSR count). The molecule has 0 spiro atoms. The Bertz CT molecular complexity index is 1700. The van der Waals surface area contributed by atoms with E-state index in [0.29, 0.717) is 44.5 Å². The Morgan fingerprint density at radius 2 is 1.23 bits per heavy atom. The number of benzene rings is 4. The van der Waals surface area contributed by atoms with Gasteiger partial charge in [-0.2, -0.15) is 0 Å². The molecule has 0 fully saturated rings. The van der Waals surface area contributed by atoms with E-state index < -0.39 is 18.0 Å². The first-order valence-electron chi connectivity index (χ1n) is 18.3. The van der Waals surface area contributed by atoms with Crippen LogP contribution in [0.25, 0.3) is 0 Å². The van der Waals surface area contributed by atoms with Crippen LogP contribution in [0.4, 0.5) is 0 Å². The quantitative estimate of drug-likeness (QED) is 0.0565. The zero-order valence-electron chi connectivity index (χ0n) is 30.4. The van der Waals surface area contributed by atoms with Crippen LogP contribution in [0.15, 0.2) is 141 Å². The maximum Gasteiger partial charge on any atom is 0.309 e. The summed E-state index contributed by atoms with van der Waals surface area (Å²) in [7, 11) is 0. The maximum atomic E-state index is 13.8. The van der Waals surface area contributed by atoms with Crippen molar-refractivity contribution in [2.75, 3.05) is 13.2 Å². The lowest BCUT2D eigenvalue weighted by molar-refractivity contribution is -0.150. The van der Waals surface area contributed by atoms with E-state index in [1.807, 2.05) is 115 Å². The van der Waals surface area contributed by atoms with Crippen LogP contribution >= 0.6 is 0 Å². The van der Waals surface area contributed by atoms with Gasteiger partial charge in [0.05, 0.1) is 30.5 Å². The fourth-order valence-corrected chi connectivity index (χ4v) is 6.09. The standard InChI is InChI=1S/C45H52N2O6/c1-3-5-22-39(27-34-16-9-6-10-17-34)45(51)53-33-41(29-36-23-25-42(26-24-36)52-32-37-20-13-8-14-21-37)47-44(50)38(15-4-2)30-43(49)46-40(31-48)28-35-18-11-7-12-19-35/h3-4,6-14,16-21,23-26,38-41,48H,1-2,5,15,22,27-33H2,(H,46,49)(H,47,50)/t38-,39-,40-,41+/m1/s1. The second kappa shape index (κ2) is 22.5. The number of carbonyl (C=O) groups excluding carboxylic acids is 3. The molecule has 53 heavy (non-hydrogen) atoms. The highest BCUT2D eigenvalue weighted by molar-refractivity contribution is 5.86. The van der Waals surface area contributed by atoms with Gasteiger partial charge in [-0.25, -0.2) is 0 Å². The van der Waals surface area contributed by atoms with Gasteiger partial charge in [0.2, 0.25) is 11.8 Å². The minimum absolute atomic E-state index is 0.0487. The van der Waals surface area contributed by atoms with E-state index in [4.69, 9.17) is 9.47 Å². The molecule has 8 nitrogen and oxygen atoms in total. The fraction of sp³-hybridized carbons (Fsp3) is 0.311. The molecule has 0 unspecified atom stereocenters. The number of aliphatic hydroxyl groups is 1. The number of hydrogen-bond donors (Lipinski definition) is 3. The number of aliphatic hydroxyl groups excluding tert-OH is 1. The lowest BCUT2D eigenvalue weighted by Gasteiger charge is -2.24. The maximum absolute atomic E-state index is 13.8. The first-order valence-corrected chi connectivity index (χ1v) is 18.3. The van der Waals surface area contributed by atoms with Crippen LogP contribution in [0.5, 0.6) is 5.75 Å². The Hall–Kier alpha value is -5.47. The molecule has 0 aliphatic heterocycles. The third-order valence-electron chi connectivity index (χ3n) is 8.97. The average Bonchev–Trinajstić information content (AvgIpc) is 3.18. The Balaban J connectivity index is 1.44. The Labute approximate surface area is 313 Å². The number of rotatable bonds is 23. The third-order valence-corrected chi connectivity index (χ3v) is 8.97. The highest BCUT2D eigenvalue weighted by Gasteiger charge is 2.27. The van der Waals surface area contributed by atoms with Crippen LogP contribution in [0, 0.1) is 11.8 Å². The van der Waals surface area contributed by atoms with E-state index >= 15 is 0 Å². The summed E-state index contributed by atoms with van der Waals surface area (Å²) in [4.78, 5) is 40.4. The van der Waals surface area contributed by atoms with E-state index in [9.17, 15) is 19.5 Å².